The molecular weight excluding hydrogens is 325 g/mol. The number of nitrogens with zero attached hydrogens (tertiary/aromatic N) is 3. The predicted molar refractivity (Wildman–Crippen MR) is 103 cm³/mol. The largest absolute Gasteiger partial charge is 0.297 e. The molecule has 0 atom stereocenters. The Kier molecular flexibility index (Phi) is 4.96. The van der Waals surface area contributed by atoms with Gasteiger partial charge in [0.25, 0.3) is 0 Å². The highest BCUT2D eigenvalue weighted by Crippen LogP contribution is 2.23. The van der Waals surface area contributed by atoms with Gasteiger partial charge < -0.3 is 0 Å². The summed E-state index contributed by atoms with van der Waals surface area (Å²) in [6, 6.07) is 15.4. The van der Waals surface area contributed by atoms with Crippen molar-refractivity contribution in [1.82, 2.24) is 14.8 Å². The molecule has 4 heteroatoms. The molecule has 0 saturated carbocycles. The summed E-state index contributed by atoms with van der Waals surface area (Å²) in [4.78, 5) is 9.40. The van der Waals surface area contributed by atoms with Crippen LogP contribution in [0.15, 0.2) is 54.7 Å². The molecule has 1 aliphatic heterocycles. The number of aromatic nitrogens is 1. The van der Waals surface area contributed by atoms with E-state index >= 15 is 0 Å². The molecule has 1 aromatic heterocycles. The van der Waals surface area contributed by atoms with Crippen molar-refractivity contribution in [3.05, 3.63) is 77.2 Å². The smallest absolute Gasteiger partial charge is 0.123 e. The third kappa shape index (κ3) is 3.76. The Morgan fingerprint density at radius 2 is 1.69 bits per heavy atom. The van der Waals surface area contributed by atoms with E-state index in [1.54, 1.807) is 12.1 Å². The van der Waals surface area contributed by atoms with Crippen LogP contribution < -0.4 is 0 Å². The Bertz CT molecular complexity index is 901. The van der Waals surface area contributed by atoms with Crippen LogP contribution in [-0.4, -0.2) is 41.0 Å². The number of aryl methyl sites for hydroxylation is 1. The van der Waals surface area contributed by atoms with Gasteiger partial charge in [0.1, 0.15) is 5.82 Å². The van der Waals surface area contributed by atoms with Crippen molar-refractivity contribution in [3.8, 4) is 0 Å². The van der Waals surface area contributed by atoms with Crippen molar-refractivity contribution in [1.29, 1.82) is 0 Å². The highest BCUT2D eigenvalue weighted by Gasteiger charge is 2.18. The number of rotatable bonds is 4. The van der Waals surface area contributed by atoms with Crippen LogP contribution in [0, 0.1) is 12.7 Å². The molecule has 3 aromatic rings. The minimum absolute atomic E-state index is 0.152. The summed E-state index contributed by atoms with van der Waals surface area (Å²) in [6.07, 6.45) is 1.85. The highest BCUT2D eigenvalue weighted by atomic mass is 19.1. The maximum absolute atomic E-state index is 13.4. The highest BCUT2D eigenvalue weighted by molar-refractivity contribution is 5.83. The van der Waals surface area contributed by atoms with Crippen LogP contribution in [0.5, 0.6) is 0 Å². The monoisotopic (exact) mass is 349 g/mol. The number of benzene rings is 2. The van der Waals surface area contributed by atoms with E-state index in [1.165, 1.54) is 22.6 Å². The lowest BCUT2D eigenvalue weighted by atomic mass is 10.0. The van der Waals surface area contributed by atoms with Gasteiger partial charge in [-0.1, -0.05) is 24.3 Å². The maximum Gasteiger partial charge on any atom is 0.123 e. The third-order valence-electron chi connectivity index (χ3n) is 5.27. The molecule has 1 aliphatic rings. The molecule has 0 radical (unpaired) electrons. The molecule has 0 aliphatic carbocycles. The minimum Gasteiger partial charge on any atom is -0.297 e. The number of hydrogen-bond donors (Lipinski definition) is 0. The summed E-state index contributed by atoms with van der Waals surface area (Å²) in [6.45, 7) is 8.06. The maximum atomic E-state index is 13.4. The summed E-state index contributed by atoms with van der Waals surface area (Å²) >= 11 is 0. The van der Waals surface area contributed by atoms with Crippen LogP contribution in [0.2, 0.25) is 0 Å². The molecule has 1 fully saturated rings. The second-order valence-corrected chi connectivity index (χ2v) is 7.11. The molecule has 0 unspecified atom stereocenters. The number of piperazine rings is 1. The van der Waals surface area contributed by atoms with Gasteiger partial charge in [0.15, 0.2) is 0 Å². The van der Waals surface area contributed by atoms with Gasteiger partial charge in [0.2, 0.25) is 0 Å². The average molecular weight is 349 g/mol. The van der Waals surface area contributed by atoms with Crippen LogP contribution in [0.4, 0.5) is 4.39 Å². The van der Waals surface area contributed by atoms with Gasteiger partial charge in [-0.05, 0) is 47.9 Å². The normalized spacial score (nSPS) is 16.2. The summed E-state index contributed by atoms with van der Waals surface area (Å²) in [5.41, 5.74) is 4.83. The lowest BCUT2D eigenvalue weighted by Gasteiger charge is -2.35. The first kappa shape index (κ1) is 17.1. The SMILES string of the molecule is Cc1ccc2ncccc2c1CN1CCN(Cc2cccc(F)c2)CC1. The Labute approximate surface area is 154 Å². The third-order valence-corrected chi connectivity index (χ3v) is 5.27. The van der Waals surface area contributed by atoms with E-state index in [2.05, 4.69) is 39.9 Å². The number of hydrogen-bond acceptors (Lipinski definition) is 3. The van der Waals surface area contributed by atoms with E-state index in [4.69, 9.17) is 0 Å². The van der Waals surface area contributed by atoms with E-state index in [0.29, 0.717) is 0 Å². The predicted octanol–water partition coefficient (Wildman–Crippen LogP) is 4.00. The molecule has 0 spiro atoms. The molecule has 4 rings (SSSR count). The summed E-state index contributed by atoms with van der Waals surface area (Å²) in [5.74, 6) is -0.152. The molecule has 3 nitrogen and oxygen atoms in total. The molecule has 2 aromatic carbocycles. The van der Waals surface area contributed by atoms with E-state index < -0.39 is 0 Å². The lowest BCUT2D eigenvalue weighted by Crippen LogP contribution is -2.45. The van der Waals surface area contributed by atoms with Crippen molar-refractivity contribution in [2.75, 3.05) is 26.2 Å². The zero-order chi connectivity index (χ0) is 17.9. The van der Waals surface area contributed by atoms with Gasteiger partial charge in [-0.15, -0.1) is 0 Å². The van der Waals surface area contributed by atoms with Gasteiger partial charge in [0.05, 0.1) is 5.52 Å². The van der Waals surface area contributed by atoms with Crippen LogP contribution in [0.1, 0.15) is 16.7 Å². The molecule has 134 valence electrons. The number of halogens is 1. The first-order valence-corrected chi connectivity index (χ1v) is 9.21. The van der Waals surface area contributed by atoms with Crippen LogP contribution in [0.3, 0.4) is 0 Å². The molecule has 0 bridgehead atoms. The van der Waals surface area contributed by atoms with Crippen molar-refractivity contribution in [2.45, 2.75) is 20.0 Å². The Balaban J connectivity index is 1.41. The van der Waals surface area contributed by atoms with Gasteiger partial charge in [-0.25, -0.2) is 4.39 Å². The molecular formula is C22H24FN3. The first-order chi connectivity index (χ1) is 12.7. The van der Waals surface area contributed by atoms with Crippen molar-refractivity contribution in [2.24, 2.45) is 0 Å². The van der Waals surface area contributed by atoms with Crippen molar-refractivity contribution >= 4 is 10.9 Å². The summed E-state index contributed by atoms with van der Waals surface area (Å²) < 4.78 is 13.4. The van der Waals surface area contributed by atoms with Crippen molar-refractivity contribution < 1.29 is 4.39 Å². The minimum atomic E-state index is -0.152. The zero-order valence-electron chi connectivity index (χ0n) is 15.2. The molecule has 26 heavy (non-hydrogen) atoms. The van der Waals surface area contributed by atoms with Gasteiger partial charge >= 0.3 is 0 Å². The molecule has 1 saturated heterocycles. The molecule has 2 heterocycles. The fourth-order valence-corrected chi connectivity index (χ4v) is 3.75. The molecule has 0 amide bonds. The second kappa shape index (κ2) is 7.52. The Morgan fingerprint density at radius 1 is 0.923 bits per heavy atom. The summed E-state index contributed by atoms with van der Waals surface area (Å²) in [5, 5.41) is 1.26. The fourth-order valence-electron chi connectivity index (χ4n) is 3.75. The average Bonchev–Trinajstić information content (AvgIpc) is 2.66. The zero-order valence-corrected chi connectivity index (χ0v) is 15.2. The first-order valence-electron chi connectivity index (χ1n) is 9.21. The Morgan fingerprint density at radius 3 is 2.46 bits per heavy atom. The van der Waals surface area contributed by atoms with Crippen molar-refractivity contribution in [3.63, 3.8) is 0 Å². The van der Waals surface area contributed by atoms with E-state index in [1.807, 2.05) is 18.3 Å². The van der Waals surface area contributed by atoms with Crippen LogP contribution in [0.25, 0.3) is 10.9 Å². The quantitative estimate of drug-likeness (QED) is 0.710. The Hall–Kier alpha value is -2.30. The fraction of sp³-hybridized carbons (Fsp3) is 0.318. The summed E-state index contributed by atoms with van der Waals surface area (Å²) in [7, 11) is 0. The van der Waals surface area contributed by atoms with Crippen LogP contribution in [-0.2, 0) is 13.1 Å². The van der Waals surface area contributed by atoms with E-state index in [-0.39, 0.29) is 5.82 Å². The van der Waals surface area contributed by atoms with E-state index in [9.17, 15) is 4.39 Å². The van der Waals surface area contributed by atoms with Gasteiger partial charge in [0, 0.05) is 50.9 Å². The van der Waals surface area contributed by atoms with Gasteiger partial charge in [-0.2, -0.15) is 0 Å². The van der Waals surface area contributed by atoms with E-state index in [0.717, 1.165) is 50.3 Å². The van der Waals surface area contributed by atoms with Crippen LogP contribution >= 0.6 is 0 Å². The standard InChI is InChI=1S/C22H24FN3/c1-17-7-8-22-20(6-3-9-24-22)21(17)16-26-12-10-25(11-13-26)15-18-4-2-5-19(23)14-18/h2-9,14H,10-13,15-16H2,1H3. The topological polar surface area (TPSA) is 19.4 Å². The second-order valence-electron chi connectivity index (χ2n) is 7.11. The lowest BCUT2D eigenvalue weighted by molar-refractivity contribution is 0.122. The van der Waals surface area contributed by atoms with Gasteiger partial charge in [-0.3, -0.25) is 14.8 Å². The number of pyridine rings is 1. The number of fused-ring (bicyclic) bond motifs is 1. The molecule has 0 N–H and O–H groups in total.